The first kappa shape index (κ1) is 16.5. The Morgan fingerprint density at radius 3 is 2.43 bits per heavy atom. The van der Waals surface area contributed by atoms with Crippen LogP contribution in [0.3, 0.4) is 0 Å². The van der Waals surface area contributed by atoms with Crippen molar-refractivity contribution < 1.29 is 13.2 Å². The quantitative estimate of drug-likeness (QED) is 0.520. The number of thiazole rings is 1. The van der Waals surface area contributed by atoms with Crippen LogP contribution in [-0.2, 0) is 17.7 Å². The van der Waals surface area contributed by atoms with Gasteiger partial charge in [0.05, 0.1) is 11.3 Å². The molecular weight excluding hydrogens is 359 g/mol. The number of halogens is 3. The first-order valence-corrected chi connectivity index (χ1v) is 9.66. The van der Waals surface area contributed by atoms with Crippen LogP contribution in [0.15, 0.2) is 47.2 Å². The van der Waals surface area contributed by atoms with Crippen molar-refractivity contribution in [3.63, 3.8) is 0 Å². The van der Waals surface area contributed by atoms with Crippen molar-refractivity contribution in [2.24, 2.45) is 0 Å². The Morgan fingerprint density at radius 2 is 1.78 bits per heavy atom. The van der Waals surface area contributed by atoms with E-state index in [2.05, 4.69) is 16.4 Å². The van der Waals surface area contributed by atoms with Crippen molar-refractivity contribution in [2.75, 3.05) is 0 Å². The van der Waals surface area contributed by atoms with Gasteiger partial charge >= 0.3 is 6.18 Å². The van der Waals surface area contributed by atoms with E-state index >= 15 is 0 Å². The average molecular weight is 371 g/mol. The van der Waals surface area contributed by atoms with Crippen molar-refractivity contribution in [2.45, 2.75) is 17.7 Å². The summed E-state index contributed by atoms with van der Waals surface area (Å²) in [6, 6.07) is 9.29. The van der Waals surface area contributed by atoms with Gasteiger partial charge in [-0.25, -0.2) is 4.98 Å². The Bertz CT molecular complexity index is 746. The van der Waals surface area contributed by atoms with Gasteiger partial charge in [0.1, 0.15) is 5.01 Å². The van der Waals surface area contributed by atoms with Gasteiger partial charge < -0.3 is 0 Å². The summed E-state index contributed by atoms with van der Waals surface area (Å²) < 4.78 is 37.7. The maximum absolute atomic E-state index is 12.6. The lowest BCUT2D eigenvalue weighted by Crippen LogP contribution is -2.03. The normalized spacial score (nSPS) is 11.8. The molecule has 0 amide bonds. The number of benzene rings is 1. The molecule has 0 aliphatic heterocycles. The highest BCUT2D eigenvalue weighted by Crippen LogP contribution is 2.32. The van der Waals surface area contributed by atoms with E-state index in [1.54, 1.807) is 23.1 Å². The predicted molar refractivity (Wildman–Crippen MR) is 91.9 cm³/mol. The van der Waals surface area contributed by atoms with Gasteiger partial charge in [0.15, 0.2) is 0 Å². The molecule has 0 N–H and O–H groups in total. The zero-order chi connectivity index (χ0) is 16.3. The van der Waals surface area contributed by atoms with Gasteiger partial charge in [-0.3, -0.25) is 0 Å². The molecule has 0 radical (unpaired) electrons. The van der Waals surface area contributed by atoms with E-state index in [-0.39, 0.29) is 0 Å². The van der Waals surface area contributed by atoms with Crippen molar-refractivity contribution in [3.05, 3.63) is 63.3 Å². The van der Waals surface area contributed by atoms with Crippen molar-refractivity contribution in [1.82, 2.24) is 4.98 Å². The van der Waals surface area contributed by atoms with Crippen LogP contribution in [0.1, 0.15) is 16.1 Å². The van der Waals surface area contributed by atoms with Gasteiger partial charge in [-0.2, -0.15) is 13.2 Å². The molecule has 0 spiro atoms. The molecule has 0 bridgehead atoms. The minimum absolute atomic E-state index is 0.635. The second-order valence-electron chi connectivity index (χ2n) is 4.79. The smallest absolute Gasteiger partial charge is 0.240 e. The molecule has 2 aromatic heterocycles. The summed E-state index contributed by atoms with van der Waals surface area (Å²) in [6.45, 7) is 0. The Hall–Kier alpha value is -1.31. The molecule has 0 atom stereocenters. The summed E-state index contributed by atoms with van der Waals surface area (Å²) in [5.74, 6) is 1.75. The Labute approximate surface area is 144 Å². The monoisotopic (exact) mass is 371 g/mol. The number of alkyl halides is 3. The minimum Gasteiger partial charge on any atom is -0.240 e. The van der Waals surface area contributed by atoms with E-state index < -0.39 is 11.7 Å². The topological polar surface area (TPSA) is 12.9 Å². The third-order valence-electron chi connectivity index (χ3n) is 3.09. The molecule has 0 fully saturated rings. The second-order valence-corrected chi connectivity index (χ2v) is 7.67. The zero-order valence-electron chi connectivity index (χ0n) is 11.8. The standard InChI is InChI=1S/C16H12F3NS3/c17-16(18,19)12-5-3-11(4-6-12)15-20-13(9-23-15)8-21-10-14-2-1-7-22-14/h1-7,9H,8,10H2. The molecule has 0 aliphatic rings. The summed E-state index contributed by atoms with van der Waals surface area (Å²) >= 11 is 4.98. The Morgan fingerprint density at radius 1 is 1.00 bits per heavy atom. The maximum Gasteiger partial charge on any atom is 0.416 e. The van der Waals surface area contributed by atoms with Crippen LogP contribution in [0.5, 0.6) is 0 Å². The lowest BCUT2D eigenvalue weighted by molar-refractivity contribution is -0.137. The van der Waals surface area contributed by atoms with Gasteiger partial charge in [-0.05, 0) is 23.6 Å². The molecule has 7 heteroatoms. The van der Waals surface area contributed by atoms with Crippen LogP contribution in [0.4, 0.5) is 13.2 Å². The number of rotatable bonds is 5. The largest absolute Gasteiger partial charge is 0.416 e. The van der Waals surface area contributed by atoms with Crippen LogP contribution < -0.4 is 0 Å². The summed E-state index contributed by atoms with van der Waals surface area (Å²) in [4.78, 5) is 5.84. The van der Waals surface area contributed by atoms with E-state index in [0.29, 0.717) is 0 Å². The van der Waals surface area contributed by atoms with Gasteiger partial charge in [0, 0.05) is 27.3 Å². The highest BCUT2D eigenvalue weighted by molar-refractivity contribution is 7.97. The van der Waals surface area contributed by atoms with E-state index in [1.165, 1.54) is 28.3 Å². The number of thioether (sulfide) groups is 1. The average Bonchev–Trinajstić information content (AvgIpc) is 3.18. The molecule has 0 unspecified atom stereocenters. The third kappa shape index (κ3) is 4.37. The van der Waals surface area contributed by atoms with Gasteiger partial charge in [-0.1, -0.05) is 18.2 Å². The molecule has 0 saturated carbocycles. The lowest BCUT2D eigenvalue weighted by Gasteiger charge is -2.06. The number of thiophene rings is 1. The maximum atomic E-state index is 12.6. The van der Waals surface area contributed by atoms with Gasteiger partial charge in [-0.15, -0.1) is 34.4 Å². The highest BCUT2D eigenvalue weighted by atomic mass is 32.2. The summed E-state index contributed by atoms with van der Waals surface area (Å²) in [5, 5.41) is 4.78. The number of hydrogen-bond acceptors (Lipinski definition) is 4. The molecule has 23 heavy (non-hydrogen) atoms. The molecule has 0 saturated heterocycles. The first-order chi connectivity index (χ1) is 11.0. The number of hydrogen-bond donors (Lipinski definition) is 0. The molecule has 120 valence electrons. The molecule has 0 aliphatic carbocycles. The van der Waals surface area contributed by atoms with Crippen LogP contribution in [0.25, 0.3) is 10.6 Å². The summed E-state index contributed by atoms with van der Waals surface area (Å²) in [7, 11) is 0. The first-order valence-electron chi connectivity index (χ1n) is 6.74. The molecule has 2 heterocycles. The van der Waals surface area contributed by atoms with E-state index in [9.17, 15) is 13.2 Å². The number of nitrogens with zero attached hydrogens (tertiary/aromatic N) is 1. The van der Waals surface area contributed by atoms with Crippen molar-refractivity contribution in [3.8, 4) is 10.6 Å². The fraction of sp³-hybridized carbons (Fsp3) is 0.188. The second kappa shape index (κ2) is 7.07. The van der Waals surface area contributed by atoms with Crippen molar-refractivity contribution >= 4 is 34.4 Å². The molecular formula is C16H12F3NS3. The Balaban J connectivity index is 1.62. The molecule has 3 aromatic rings. The molecule has 3 rings (SSSR count). The summed E-state index contributed by atoms with van der Waals surface area (Å²) in [6.07, 6.45) is -4.30. The van der Waals surface area contributed by atoms with Crippen LogP contribution >= 0.6 is 34.4 Å². The van der Waals surface area contributed by atoms with Crippen molar-refractivity contribution in [1.29, 1.82) is 0 Å². The Kier molecular flexibility index (Phi) is 5.08. The highest BCUT2D eigenvalue weighted by Gasteiger charge is 2.30. The lowest BCUT2D eigenvalue weighted by atomic mass is 10.1. The zero-order valence-corrected chi connectivity index (χ0v) is 14.3. The number of aromatic nitrogens is 1. The van der Waals surface area contributed by atoms with E-state index in [4.69, 9.17) is 0 Å². The van der Waals surface area contributed by atoms with Crippen LogP contribution in [-0.4, -0.2) is 4.98 Å². The van der Waals surface area contributed by atoms with Gasteiger partial charge in [0.25, 0.3) is 0 Å². The summed E-state index contributed by atoms with van der Waals surface area (Å²) in [5.41, 5.74) is 1.05. The fourth-order valence-corrected chi connectivity index (χ4v) is 4.66. The van der Waals surface area contributed by atoms with Crippen LogP contribution in [0, 0.1) is 0 Å². The fourth-order valence-electron chi connectivity index (χ4n) is 1.96. The molecule has 1 aromatic carbocycles. The third-order valence-corrected chi connectivity index (χ3v) is 6.10. The van der Waals surface area contributed by atoms with E-state index in [1.807, 2.05) is 11.4 Å². The van der Waals surface area contributed by atoms with E-state index in [0.717, 1.165) is 39.9 Å². The predicted octanol–water partition coefficient (Wildman–Crippen LogP) is 6.32. The van der Waals surface area contributed by atoms with Crippen LogP contribution in [0.2, 0.25) is 0 Å². The SMILES string of the molecule is FC(F)(F)c1ccc(-c2nc(CSCc3cccs3)cs2)cc1. The minimum atomic E-state index is -4.30. The van der Waals surface area contributed by atoms with Gasteiger partial charge in [0.2, 0.25) is 0 Å². The molecule has 1 nitrogen and oxygen atoms in total.